The van der Waals surface area contributed by atoms with Gasteiger partial charge >= 0.3 is 5.97 Å². The molecule has 1 saturated carbocycles. The number of fused-ring (bicyclic) bond motifs is 1. The van der Waals surface area contributed by atoms with Crippen LogP contribution in [0.4, 0.5) is 8.78 Å². The number of rotatable bonds is 4. The van der Waals surface area contributed by atoms with Crippen LogP contribution in [0.1, 0.15) is 53.1 Å². The number of aromatic nitrogens is 1. The summed E-state index contributed by atoms with van der Waals surface area (Å²) in [5.41, 5.74) is 0.300. The van der Waals surface area contributed by atoms with E-state index in [0.29, 0.717) is 11.4 Å². The van der Waals surface area contributed by atoms with Crippen molar-refractivity contribution in [3.05, 3.63) is 34.9 Å². The fraction of sp³-hybridized carbons (Fsp3) is 0.375. The molecule has 3 rings (SSSR count). The molecule has 1 N–H and O–H groups in total. The van der Waals surface area contributed by atoms with Gasteiger partial charge in [-0.25, -0.2) is 18.6 Å². The van der Waals surface area contributed by atoms with Gasteiger partial charge in [-0.2, -0.15) is 0 Å². The largest absolute Gasteiger partial charge is 0.480 e. The van der Waals surface area contributed by atoms with Crippen LogP contribution in [0.2, 0.25) is 0 Å². The van der Waals surface area contributed by atoms with E-state index in [1.54, 1.807) is 18.2 Å². The highest BCUT2D eigenvalue weighted by Gasteiger charge is 2.28. The van der Waals surface area contributed by atoms with E-state index in [1.807, 2.05) is 0 Å². The molecule has 0 spiro atoms. The molecule has 0 atom stereocenters. The van der Waals surface area contributed by atoms with Crippen LogP contribution in [0.5, 0.6) is 5.88 Å². The van der Waals surface area contributed by atoms with Crippen molar-refractivity contribution < 1.29 is 23.4 Å². The molecular formula is C16H15F2NO3. The quantitative estimate of drug-likeness (QED) is 0.922. The molecule has 1 heterocycles. The van der Waals surface area contributed by atoms with Crippen LogP contribution in [-0.2, 0) is 0 Å². The second-order valence-electron chi connectivity index (χ2n) is 5.42. The van der Waals surface area contributed by atoms with Crippen molar-refractivity contribution in [2.24, 2.45) is 0 Å². The molecule has 0 radical (unpaired) electrons. The Kier molecular flexibility index (Phi) is 3.68. The second kappa shape index (κ2) is 5.51. The first-order chi connectivity index (χ1) is 10.5. The first-order valence-electron chi connectivity index (χ1n) is 7.06. The predicted molar refractivity (Wildman–Crippen MR) is 76.8 cm³/mol. The lowest BCUT2D eigenvalue weighted by atomic mass is 9.79. The van der Waals surface area contributed by atoms with Crippen LogP contribution in [0, 0.1) is 0 Å². The van der Waals surface area contributed by atoms with Gasteiger partial charge in [0.2, 0.25) is 5.88 Å². The van der Waals surface area contributed by atoms with Crippen molar-refractivity contribution in [2.75, 3.05) is 7.11 Å². The number of aromatic carboxylic acids is 1. The minimum Gasteiger partial charge on any atom is -0.480 e. The number of benzene rings is 1. The molecule has 1 aliphatic rings. The molecule has 4 nitrogen and oxygen atoms in total. The van der Waals surface area contributed by atoms with E-state index in [4.69, 9.17) is 4.74 Å². The van der Waals surface area contributed by atoms with Gasteiger partial charge in [-0.1, -0.05) is 18.6 Å². The van der Waals surface area contributed by atoms with E-state index in [1.165, 1.54) is 13.5 Å². The lowest BCUT2D eigenvalue weighted by Gasteiger charge is -2.26. The van der Waals surface area contributed by atoms with Gasteiger partial charge in [-0.05, 0) is 30.4 Å². The molecule has 1 fully saturated rings. The van der Waals surface area contributed by atoms with Crippen molar-refractivity contribution in [1.29, 1.82) is 0 Å². The van der Waals surface area contributed by atoms with Gasteiger partial charge in [0.05, 0.1) is 12.6 Å². The number of nitrogens with zero attached hydrogens (tertiary/aromatic N) is 1. The monoisotopic (exact) mass is 307 g/mol. The fourth-order valence-corrected chi connectivity index (χ4v) is 2.86. The number of carboxylic acids is 1. The Balaban J connectivity index is 2.27. The minimum absolute atomic E-state index is 0.163. The van der Waals surface area contributed by atoms with Gasteiger partial charge in [0.1, 0.15) is 5.56 Å². The van der Waals surface area contributed by atoms with Crippen LogP contribution in [0.15, 0.2) is 18.2 Å². The summed E-state index contributed by atoms with van der Waals surface area (Å²) in [6.07, 6.45) is 0.412. The maximum atomic E-state index is 13.4. The third-order valence-electron chi connectivity index (χ3n) is 4.22. The number of pyridine rings is 1. The molecule has 0 amide bonds. The number of hydrogen-bond acceptors (Lipinski definition) is 3. The van der Waals surface area contributed by atoms with Gasteiger partial charge in [0.25, 0.3) is 6.43 Å². The number of carbonyl (C=O) groups is 1. The van der Waals surface area contributed by atoms with Crippen molar-refractivity contribution in [3.63, 3.8) is 0 Å². The Bertz CT molecular complexity index is 742. The van der Waals surface area contributed by atoms with E-state index in [9.17, 15) is 18.7 Å². The molecule has 1 aromatic heterocycles. The number of hydrogen-bond donors (Lipinski definition) is 1. The summed E-state index contributed by atoms with van der Waals surface area (Å²) in [7, 11) is 1.23. The Morgan fingerprint density at radius 2 is 2.14 bits per heavy atom. The van der Waals surface area contributed by atoms with Crippen LogP contribution in [0.25, 0.3) is 10.9 Å². The molecule has 2 aromatic rings. The van der Waals surface area contributed by atoms with Gasteiger partial charge < -0.3 is 9.84 Å². The molecule has 1 aliphatic carbocycles. The molecule has 0 aliphatic heterocycles. The summed E-state index contributed by atoms with van der Waals surface area (Å²) in [5.74, 6) is -1.31. The van der Waals surface area contributed by atoms with Crippen LogP contribution < -0.4 is 4.74 Å². The summed E-state index contributed by atoms with van der Waals surface area (Å²) >= 11 is 0. The summed E-state index contributed by atoms with van der Waals surface area (Å²) in [6.45, 7) is 0. The van der Waals surface area contributed by atoms with Gasteiger partial charge in [-0.3, -0.25) is 0 Å². The van der Waals surface area contributed by atoms with Crippen molar-refractivity contribution >= 4 is 16.9 Å². The van der Waals surface area contributed by atoms with E-state index < -0.39 is 23.5 Å². The van der Waals surface area contributed by atoms with Crippen molar-refractivity contribution in [1.82, 2.24) is 4.98 Å². The number of halogens is 2. The molecule has 22 heavy (non-hydrogen) atoms. The zero-order chi connectivity index (χ0) is 15.9. The van der Waals surface area contributed by atoms with Crippen LogP contribution in [-0.4, -0.2) is 23.2 Å². The van der Waals surface area contributed by atoms with E-state index in [2.05, 4.69) is 4.98 Å². The first kappa shape index (κ1) is 14.7. The van der Waals surface area contributed by atoms with Crippen molar-refractivity contribution in [3.8, 4) is 5.88 Å². The molecule has 0 unspecified atom stereocenters. The van der Waals surface area contributed by atoms with Crippen molar-refractivity contribution in [2.45, 2.75) is 31.6 Å². The predicted octanol–water partition coefficient (Wildman–Crippen LogP) is 4.15. The summed E-state index contributed by atoms with van der Waals surface area (Å²) in [6, 6.07) is 5.10. The summed E-state index contributed by atoms with van der Waals surface area (Å²) < 4.78 is 31.8. The van der Waals surface area contributed by atoms with E-state index >= 15 is 0 Å². The Morgan fingerprint density at radius 1 is 1.41 bits per heavy atom. The number of methoxy groups -OCH3 is 1. The highest BCUT2D eigenvalue weighted by atomic mass is 19.3. The Labute approximate surface area is 125 Å². The average molecular weight is 307 g/mol. The maximum absolute atomic E-state index is 13.4. The molecular weight excluding hydrogens is 292 g/mol. The smallest absolute Gasteiger partial charge is 0.341 e. The van der Waals surface area contributed by atoms with Gasteiger partial charge in [0, 0.05) is 10.9 Å². The summed E-state index contributed by atoms with van der Waals surface area (Å²) in [5, 5.41) is 9.39. The highest BCUT2D eigenvalue weighted by molar-refractivity contribution is 5.99. The number of alkyl halides is 2. The normalized spacial score (nSPS) is 15.1. The van der Waals surface area contributed by atoms with Crippen LogP contribution in [0.3, 0.4) is 0 Å². The summed E-state index contributed by atoms with van der Waals surface area (Å²) in [4.78, 5) is 15.4. The van der Waals surface area contributed by atoms with E-state index in [0.717, 1.165) is 18.4 Å². The third-order valence-corrected chi connectivity index (χ3v) is 4.22. The minimum atomic E-state index is -2.92. The third kappa shape index (κ3) is 2.28. The van der Waals surface area contributed by atoms with Gasteiger partial charge in [0.15, 0.2) is 0 Å². The fourth-order valence-electron chi connectivity index (χ4n) is 2.86. The number of carboxylic acid groups (broad SMARTS) is 1. The Morgan fingerprint density at radius 3 is 2.64 bits per heavy atom. The number of ether oxygens (including phenoxy) is 1. The lowest BCUT2D eigenvalue weighted by Crippen LogP contribution is -2.11. The highest BCUT2D eigenvalue weighted by Crippen LogP contribution is 2.40. The maximum Gasteiger partial charge on any atom is 0.341 e. The molecule has 0 saturated heterocycles. The SMILES string of the molecule is COc1nc2cc(C3CCC3)ccc2c(C(F)F)c1C(=O)O. The van der Waals surface area contributed by atoms with Gasteiger partial charge in [-0.15, -0.1) is 0 Å². The topological polar surface area (TPSA) is 59.4 Å². The second-order valence-corrected chi connectivity index (χ2v) is 5.42. The molecule has 0 bridgehead atoms. The Hall–Kier alpha value is -2.24. The first-order valence-corrected chi connectivity index (χ1v) is 7.06. The van der Waals surface area contributed by atoms with Crippen LogP contribution >= 0.6 is 0 Å². The molecule has 1 aromatic carbocycles. The zero-order valence-electron chi connectivity index (χ0n) is 12.0. The van der Waals surface area contributed by atoms with E-state index in [-0.39, 0.29) is 11.3 Å². The average Bonchev–Trinajstić information content (AvgIpc) is 2.42. The molecule has 6 heteroatoms. The molecule has 116 valence electrons. The zero-order valence-corrected chi connectivity index (χ0v) is 12.0. The lowest BCUT2D eigenvalue weighted by molar-refractivity contribution is 0.0680. The standard InChI is InChI=1S/C16H15F2NO3/c1-22-15-13(16(20)21)12(14(17)18)10-6-5-9(7-11(10)19-15)8-3-2-4-8/h5-8,14H,2-4H2,1H3,(H,20,21).